The molecule has 0 aromatic heterocycles. The second-order valence-electron chi connectivity index (χ2n) is 4.94. The van der Waals surface area contributed by atoms with Gasteiger partial charge in [0.1, 0.15) is 12.3 Å². The average molecular weight is 359 g/mol. The van der Waals surface area contributed by atoms with E-state index in [2.05, 4.69) is 21.2 Å². The Morgan fingerprint density at radius 1 is 1.43 bits per heavy atom. The topological polar surface area (TPSA) is 78.9 Å². The molecule has 0 saturated carbocycles. The zero-order chi connectivity index (χ0) is 16.0. The maximum Gasteiger partial charge on any atom is 0.323 e. The molecule has 0 aliphatic heterocycles. The summed E-state index contributed by atoms with van der Waals surface area (Å²) < 4.78 is 5.79. The maximum absolute atomic E-state index is 12.2. The van der Waals surface area contributed by atoms with Crippen LogP contribution >= 0.6 is 15.9 Å². The van der Waals surface area contributed by atoms with Gasteiger partial charge in [-0.1, -0.05) is 13.8 Å². The molecule has 116 valence electrons. The van der Waals surface area contributed by atoms with Gasteiger partial charge in [-0.25, -0.2) is 4.79 Å². The Hall–Kier alpha value is -1.76. The summed E-state index contributed by atoms with van der Waals surface area (Å²) in [6, 6.07) is 4.71. The van der Waals surface area contributed by atoms with Gasteiger partial charge in [0.05, 0.1) is 12.8 Å². The fraction of sp³-hybridized carbons (Fsp3) is 0.429. The summed E-state index contributed by atoms with van der Waals surface area (Å²) in [7, 11) is 1.53. The first-order chi connectivity index (χ1) is 9.83. The molecule has 0 heterocycles. The molecule has 0 spiro atoms. The first-order valence-electron chi connectivity index (χ1n) is 6.44. The number of ether oxygens (including phenoxy) is 1. The van der Waals surface area contributed by atoms with Crippen LogP contribution < -0.4 is 10.1 Å². The molecule has 2 N–H and O–H groups in total. The van der Waals surface area contributed by atoms with Crippen LogP contribution in [0.4, 0.5) is 10.5 Å². The molecular weight excluding hydrogens is 340 g/mol. The molecule has 0 atom stereocenters. The monoisotopic (exact) mass is 358 g/mol. The minimum Gasteiger partial charge on any atom is -0.497 e. The van der Waals surface area contributed by atoms with Crippen LogP contribution in [-0.4, -0.2) is 42.2 Å². The van der Waals surface area contributed by atoms with Crippen molar-refractivity contribution in [3.05, 3.63) is 22.7 Å². The quantitative estimate of drug-likeness (QED) is 0.818. The summed E-state index contributed by atoms with van der Waals surface area (Å²) in [5.41, 5.74) is 0.526. The van der Waals surface area contributed by atoms with Crippen LogP contribution in [0.25, 0.3) is 0 Å². The third kappa shape index (κ3) is 5.63. The van der Waals surface area contributed by atoms with Crippen LogP contribution in [0.1, 0.15) is 13.8 Å². The fourth-order valence-corrected chi connectivity index (χ4v) is 2.09. The minimum atomic E-state index is -1.05. The smallest absolute Gasteiger partial charge is 0.323 e. The van der Waals surface area contributed by atoms with Gasteiger partial charge in [-0.15, -0.1) is 0 Å². The molecule has 0 aliphatic rings. The minimum absolute atomic E-state index is 0.170. The highest BCUT2D eigenvalue weighted by atomic mass is 79.9. The standard InChI is InChI=1S/C14H19BrN2O4/c1-9(2)7-17(8-13(18)19)14(20)16-12-6-10(21-3)4-5-11(12)15/h4-6,9H,7-8H2,1-3H3,(H,16,20)(H,18,19). The van der Waals surface area contributed by atoms with Gasteiger partial charge in [0.15, 0.2) is 0 Å². The van der Waals surface area contributed by atoms with Crippen LogP contribution in [0.2, 0.25) is 0 Å². The number of benzene rings is 1. The lowest BCUT2D eigenvalue weighted by atomic mass is 10.2. The molecule has 7 heteroatoms. The van der Waals surface area contributed by atoms with Crippen molar-refractivity contribution in [2.24, 2.45) is 5.92 Å². The van der Waals surface area contributed by atoms with Crippen molar-refractivity contribution < 1.29 is 19.4 Å². The Balaban J connectivity index is 2.87. The molecular formula is C14H19BrN2O4. The van der Waals surface area contributed by atoms with Crippen molar-refractivity contribution in [2.45, 2.75) is 13.8 Å². The fourth-order valence-electron chi connectivity index (χ4n) is 1.74. The third-order valence-corrected chi connectivity index (χ3v) is 3.31. The summed E-state index contributed by atoms with van der Waals surface area (Å²) >= 11 is 3.33. The number of nitrogens with zero attached hydrogens (tertiary/aromatic N) is 1. The van der Waals surface area contributed by atoms with E-state index in [1.807, 2.05) is 13.8 Å². The van der Waals surface area contributed by atoms with E-state index in [4.69, 9.17) is 9.84 Å². The number of carbonyl (C=O) groups excluding carboxylic acids is 1. The van der Waals surface area contributed by atoms with Gasteiger partial charge in [-0.05, 0) is 34.0 Å². The molecule has 1 aromatic rings. The van der Waals surface area contributed by atoms with Crippen LogP contribution in [0.3, 0.4) is 0 Å². The largest absolute Gasteiger partial charge is 0.497 e. The molecule has 2 amide bonds. The number of nitrogens with one attached hydrogen (secondary N) is 1. The number of urea groups is 1. The second kappa shape index (κ2) is 7.87. The lowest BCUT2D eigenvalue weighted by Gasteiger charge is -2.23. The summed E-state index contributed by atoms with van der Waals surface area (Å²) in [4.78, 5) is 24.4. The van der Waals surface area contributed by atoms with Gasteiger partial charge in [0, 0.05) is 17.1 Å². The molecule has 1 aromatic carbocycles. The van der Waals surface area contributed by atoms with Crippen molar-refractivity contribution in [1.82, 2.24) is 4.90 Å². The van der Waals surface area contributed by atoms with Crippen LogP contribution in [-0.2, 0) is 4.79 Å². The molecule has 6 nitrogen and oxygen atoms in total. The first kappa shape index (κ1) is 17.3. The van der Waals surface area contributed by atoms with Gasteiger partial charge in [0.2, 0.25) is 0 Å². The first-order valence-corrected chi connectivity index (χ1v) is 7.24. The number of rotatable bonds is 6. The number of amides is 2. The second-order valence-corrected chi connectivity index (χ2v) is 5.80. The number of halogens is 1. The average Bonchev–Trinajstić information content (AvgIpc) is 2.39. The van der Waals surface area contributed by atoms with E-state index in [-0.39, 0.29) is 12.5 Å². The van der Waals surface area contributed by atoms with Crippen molar-refractivity contribution in [3.63, 3.8) is 0 Å². The van der Waals surface area contributed by atoms with Crippen LogP contribution in [0.5, 0.6) is 5.75 Å². The Labute approximate surface area is 132 Å². The zero-order valence-corrected chi connectivity index (χ0v) is 13.8. The third-order valence-electron chi connectivity index (χ3n) is 2.61. The van der Waals surface area contributed by atoms with E-state index in [9.17, 15) is 9.59 Å². The van der Waals surface area contributed by atoms with Gasteiger partial charge in [-0.2, -0.15) is 0 Å². The number of hydrogen-bond donors (Lipinski definition) is 2. The summed E-state index contributed by atoms with van der Waals surface area (Å²) in [6.45, 7) is 3.86. The maximum atomic E-state index is 12.2. The summed E-state index contributed by atoms with van der Waals surface area (Å²) in [6.07, 6.45) is 0. The normalized spacial score (nSPS) is 10.3. The number of aliphatic carboxylic acids is 1. The highest BCUT2D eigenvalue weighted by Gasteiger charge is 2.19. The molecule has 21 heavy (non-hydrogen) atoms. The highest BCUT2D eigenvalue weighted by Crippen LogP contribution is 2.27. The number of carbonyl (C=O) groups is 2. The van der Waals surface area contributed by atoms with E-state index >= 15 is 0 Å². The number of carboxylic acids is 1. The predicted molar refractivity (Wildman–Crippen MR) is 83.8 cm³/mol. The van der Waals surface area contributed by atoms with Crippen molar-refractivity contribution >= 4 is 33.6 Å². The Bertz CT molecular complexity index is 520. The molecule has 0 aliphatic carbocycles. The van der Waals surface area contributed by atoms with Gasteiger partial charge >= 0.3 is 12.0 Å². The van der Waals surface area contributed by atoms with E-state index in [0.717, 1.165) is 0 Å². The Kier molecular flexibility index (Phi) is 6.48. The molecule has 0 saturated heterocycles. The van der Waals surface area contributed by atoms with E-state index in [0.29, 0.717) is 22.5 Å². The SMILES string of the molecule is COc1ccc(Br)c(NC(=O)N(CC(=O)O)CC(C)C)c1. The Morgan fingerprint density at radius 2 is 2.10 bits per heavy atom. The number of hydrogen-bond acceptors (Lipinski definition) is 3. The summed E-state index contributed by atoms with van der Waals surface area (Å²) in [5.74, 6) is -0.276. The summed E-state index contributed by atoms with van der Waals surface area (Å²) in [5, 5.41) is 11.6. The van der Waals surface area contributed by atoms with Crippen LogP contribution in [0, 0.1) is 5.92 Å². The van der Waals surface area contributed by atoms with Crippen molar-refractivity contribution in [3.8, 4) is 5.75 Å². The van der Waals surface area contributed by atoms with Crippen molar-refractivity contribution in [2.75, 3.05) is 25.5 Å². The zero-order valence-electron chi connectivity index (χ0n) is 12.2. The lowest BCUT2D eigenvalue weighted by molar-refractivity contribution is -0.137. The highest BCUT2D eigenvalue weighted by molar-refractivity contribution is 9.10. The van der Waals surface area contributed by atoms with Crippen molar-refractivity contribution in [1.29, 1.82) is 0 Å². The molecule has 0 bridgehead atoms. The van der Waals surface area contributed by atoms with Gasteiger partial charge in [-0.3, -0.25) is 4.79 Å². The number of methoxy groups -OCH3 is 1. The van der Waals surface area contributed by atoms with Gasteiger partial charge < -0.3 is 20.1 Å². The molecule has 0 radical (unpaired) electrons. The van der Waals surface area contributed by atoms with E-state index in [1.54, 1.807) is 18.2 Å². The lowest BCUT2D eigenvalue weighted by Crippen LogP contribution is -2.41. The van der Waals surface area contributed by atoms with E-state index < -0.39 is 12.0 Å². The predicted octanol–water partition coefficient (Wildman–Crippen LogP) is 3.03. The molecule has 0 fully saturated rings. The molecule has 1 rings (SSSR count). The Morgan fingerprint density at radius 3 is 2.62 bits per heavy atom. The van der Waals surface area contributed by atoms with E-state index in [1.165, 1.54) is 12.0 Å². The number of anilines is 1. The van der Waals surface area contributed by atoms with Gasteiger partial charge in [0.25, 0.3) is 0 Å². The van der Waals surface area contributed by atoms with Crippen LogP contribution in [0.15, 0.2) is 22.7 Å². The number of carboxylic acid groups (broad SMARTS) is 1. The molecule has 0 unspecified atom stereocenters.